The molecular weight excluding hydrogens is 178 g/mol. The first-order valence-electron chi connectivity index (χ1n) is 3.52. The van der Waals surface area contributed by atoms with E-state index in [0.717, 1.165) is 0 Å². The number of carboxylic acid groups (broad SMARTS) is 2. The molecule has 6 nitrogen and oxygen atoms in total. The average Bonchev–Trinajstić information content (AvgIpc) is 1.83. The van der Waals surface area contributed by atoms with Crippen molar-refractivity contribution in [2.24, 2.45) is 0 Å². The van der Waals surface area contributed by atoms with Crippen molar-refractivity contribution in [1.82, 2.24) is 0 Å². The zero-order valence-corrected chi connectivity index (χ0v) is 7.98. The SMILES string of the molecule is C[N+](C)(C)CC(=O)[O-].O=C(O)CO. The van der Waals surface area contributed by atoms with Gasteiger partial charge in [0.1, 0.15) is 13.2 Å². The first kappa shape index (κ1) is 14.4. The Morgan fingerprint density at radius 1 is 1.31 bits per heavy atom. The maximum Gasteiger partial charge on any atom is 0.329 e. The van der Waals surface area contributed by atoms with E-state index in [2.05, 4.69) is 0 Å². The fourth-order valence-corrected chi connectivity index (χ4v) is 0.387. The van der Waals surface area contributed by atoms with E-state index in [9.17, 15) is 9.90 Å². The average molecular weight is 193 g/mol. The smallest absolute Gasteiger partial charge is 0.329 e. The van der Waals surface area contributed by atoms with Gasteiger partial charge in [-0.15, -0.1) is 0 Å². The summed E-state index contributed by atoms with van der Waals surface area (Å²) in [5, 5.41) is 24.9. The second-order valence-corrected chi connectivity index (χ2v) is 3.37. The summed E-state index contributed by atoms with van der Waals surface area (Å²) in [6, 6.07) is 0. The van der Waals surface area contributed by atoms with E-state index < -0.39 is 18.5 Å². The summed E-state index contributed by atoms with van der Waals surface area (Å²) in [5.74, 6) is -2.19. The molecule has 0 fully saturated rings. The fraction of sp³-hybridized carbons (Fsp3) is 0.714. The highest BCUT2D eigenvalue weighted by molar-refractivity contribution is 5.67. The molecule has 0 unspecified atom stereocenters. The molecule has 0 bridgehead atoms. The van der Waals surface area contributed by atoms with Crippen LogP contribution in [0.1, 0.15) is 0 Å². The highest BCUT2D eigenvalue weighted by Crippen LogP contribution is 1.84. The van der Waals surface area contributed by atoms with Gasteiger partial charge < -0.3 is 24.6 Å². The molecule has 78 valence electrons. The van der Waals surface area contributed by atoms with E-state index in [-0.39, 0.29) is 6.54 Å². The predicted molar refractivity (Wildman–Crippen MR) is 42.6 cm³/mol. The molecule has 0 aliphatic heterocycles. The van der Waals surface area contributed by atoms with Crippen LogP contribution in [0.2, 0.25) is 0 Å². The van der Waals surface area contributed by atoms with Gasteiger partial charge in [-0.3, -0.25) is 0 Å². The molecule has 0 saturated carbocycles. The highest BCUT2D eigenvalue weighted by atomic mass is 16.4. The van der Waals surface area contributed by atoms with Crippen LogP contribution in [-0.4, -0.2) is 60.9 Å². The lowest BCUT2D eigenvalue weighted by Crippen LogP contribution is -2.45. The number of nitrogens with zero attached hydrogens (tertiary/aromatic N) is 1. The molecule has 0 amide bonds. The van der Waals surface area contributed by atoms with Gasteiger partial charge in [-0.1, -0.05) is 0 Å². The fourth-order valence-electron chi connectivity index (χ4n) is 0.387. The van der Waals surface area contributed by atoms with Gasteiger partial charge >= 0.3 is 5.97 Å². The Kier molecular flexibility index (Phi) is 7.07. The van der Waals surface area contributed by atoms with Crippen molar-refractivity contribution in [3.63, 3.8) is 0 Å². The lowest BCUT2D eigenvalue weighted by atomic mass is 10.5. The van der Waals surface area contributed by atoms with Crippen molar-refractivity contribution < 1.29 is 29.4 Å². The van der Waals surface area contributed by atoms with Crippen molar-refractivity contribution >= 4 is 11.9 Å². The number of quaternary nitrogens is 1. The van der Waals surface area contributed by atoms with E-state index >= 15 is 0 Å². The number of carbonyl (C=O) groups is 2. The molecular formula is C7H15NO5. The van der Waals surface area contributed by atoms with Crippen LogP contribution in [0, 0.1) is 0 Å². The zero-order chi connectivity index (χ0) is 11.1. The third-order valence-corrected chi connectivity index (χ3v) is 0.739. The zero-order valence-electron chi connectivity index (χ0n) is 7.98. The van der Waals surface area contributed by atoms with Gasteiger partial charge in [0.15, 0.2) is 0 Å². The Labute approximate surface area is 76.6 Å². The number of hydrogen-bond acceptors (Lipinski definition) is 4. The van der Waals surface area contributed by atoms with Crippen molar-refractivity contribution in [1.29, 1.82) is 0 Å². The Hall–Kier alpha value is -1.14. The molecule has 0 spiro atoms. The van der Waals surface area contributed by atoms with Gasteiger partial charge in [0.2, 0.25) is 0 Å². The number of aliphatic hydroxyl groups is 1. The maximum atomic E-state index is 9.89. The minimum absolute atomic E-state index is 0.0694. The molecule has 0 aliphatic rings. The van der Waals surface area contributed by atoms with Crippen LogP contribution in [0.4, 0.5) is 0 Å². The van der Waals surface area contributed by atoms with E-state index in [1.165, 1.54) is 0 Å². The van der Waals surface area contributed by atoms with Crippen molar-refractivity contribution in [3.8, 4) is 0 Å². The van der Waals surface area contributed by atoms with Gasteiger partial charge in [0, 0.05) is 0 Å². The molecule has 6 heteroatoms. The quantitative estimate of drug-likeness (QED) is 0.483. The Bertz CT molecular complexity index is 172. The summed E-state index contributed by atoms with van der Waals surface area (Å²) in [6.45, 7) is -0.708. The highest BCUT2D eigenvalue weighted by Gasteiger charge is 2.04. The van der Waals surface area contributed by atoms with Crippen LogP contribution in [-0.2, 0) is 9.59 Å². The monoisotopic (exact) mass is 193 g/mol. The van der Waals surface area contributed by atoms with E-state index in [4.69, 9.17) is 15.0 Å². The van der Waals surface area contributed by atoms with E-state index in [1.807, 2.05) is 0 Å². The van der Waals surface area contributed by atoms with Gasteiger partial charge in [-0.05, 0) is 0 Å². The predicted octanol–water partition coefficient (Wildman–Crippen LogP) is -2.49. The minimum atomic E-state index is -1.19. The van der Waals surface area contributed by atoms with Gasteiger partial charge in [-0.25, -0.2) is 4.79 Å². The summed E-state index contributed by atoms with van der Waals surface area (Å²) >= 11 is 0. The lowest BCUT2D eigenvalue weighted by molar-refractivity contribution is -0.864. The summed E-state index contributed by atoms with van der Waals surface area (Å²) in [4.78, 5) is 19.0. The van der Waals surface area contributed by atoms with E-state index in [1.54, 1.807) is 21.1 Å². The number of carbonyl (C=O) groups excluding carboxylic acids is 1. The molecule has 0 saturated heterocycles. The van der Waals surface area contributed by atoms with Gasteiger partial charge in [-0.2, -0.15) is 0 Å². The number of aliphatic carboxylic acids is 2. The molecule has 0 aliphatic carbocycles. The molecule has 13 heavy (non-hydrogen) atoms. The second kappa shape index (κ2) is 6.38. The molecule has 0 rings (SSSR count). The summed E-state index contributed by atoms with van der Waals surface area (Å²) in [5.41, 5.74) is 0. The van der Waals surface area contributed by atoms with E-state index in [0.29, 0.717) is 4.48 Å². The Morgan fingerprint density at radius 2 is 1.62 bits per heavy atom. The number of aliphatic hydroxyl groups excluding tert-OH is 1. The molecule has 0 heterocycles. The molecule has 2 N–H and O–H groups in total. The second-order valence-electron chi connectivity index (χ2n) is 3.37. The Morgan fingerprint density at radius 3 is 1.62 bits per heavy atom. The third kappa shape index (κ3) is 24.8. The summed E-state index contributed by atoms with van der Waals surface area (Å²) in [6.07, 6.45) is 0. The van der Waals surface area contributed by atoms with Crippen molar-refractivity contribution in [3.05, 3.63) is 0 Å². The third-order valence-electron chi connectivity index (χ3n) is 0.739. The van der Waals surface area contributed by atoms with Gasteiger partial charge in [0.25, 0.3) is 0 Å². The molecule has 0 radical (unpaired) electrons. The molecule has 0 atom stereocenters. The first-order chi connectivity index (χ1) is 5.69. The minimum Gasteiger partial charge on any atom is -0.544 e. The number of carboxylic acids is 2. The number of hydrogen-bond donors (Lipinski definition) is 2. The van der Waals surface area contributed by atoms with Crippen LogP contribution < -0.4 is 5.11 Å². The first-order valence-corrected chi connectivity index (χ1v) is 3.52. The summed E-state index contributed by atoms with van der Waals surface area (Å²) in [7, 11) is 5.40. The number of likely N-dealkylation sites (N-methyl/N-ethyl adjacent to an activating group) is 1. The molecule has 0 aromatic carbocycles. The van der Waals surface area contributed by atoms with Crippen LogP contribution in [0.25, 0.3) is 0 Å². The van der Waals surface area contributed by atoms with Crippen LogP contribution in [0.3, 0.4) is 0 Å². The number of rotatable bonds is 3. The summed E-state index contributed by atoms with van der Waals surface area (Å²) < 4.78 is 0.419. The standard InChI is InChI=1S/C5H11NO2.C2H4O3/c1-6(2,3)4-5(7)8;3-1-2(4)5/h4H2,1-3H3;3H,1H2,(H,4,5). The lowest BCUT2D eigenvalue weighted by Gasteiger charge is -2.23. The van der Waals surface area contributed by atoms with Crippen molar-refractivity contribution in [2.75, 3.05) is 34.3 Å². The largest absolute Gasteiger partial charge is 0.544 e. The normalized spacial score (nSPS) is 9.85. The Balaban J connectivity index is 0. The van der Waals surface area contributed by atoms with Crippen molar-refractivity contribution in [2.45, 2.75) is 0 Å². The molecule has 0 aromatic heterocycles. The van der Waals surface area contributed by atoms with Crippen LogP contribution in [0.15, 0.2) is 0 Å². The maximum absolute atomic E-state index is 9.89. The van der Waals surface area contributed by atoms with Crippen LogP contribution >= 0.6 is 0 Å². The van der Waals surface area contributed by atoms with Crippen LogP contribution in [0.5, 0.6) is 0 Å². The topological polar surface area (TPSA) is 97.7 Å². The van der Waals surface area contributed by atoms with Gasteiger partial charge in [0.05, 0.1) is 27.1 Å². The molecule has 0 aromatic rings.